The first-order valence-electron chi connectivity index (χ1n) is 5.94. The average molecular weight is 229 g/mol. The van der Waals surface area contributed by atoms with Crippen molar-refractivity contribution in [3.05, 3.63) is 51.7 Å². The summed E-state index contributed by atoms with van der Waals surface area (Å²) in [5.41, 5.74) is 2.26. The molecule has 0 atom stereocenters. The molecule has 1 saturated carbocycles. The summed E-state index contributed by atoms with van der Waals surface area (Å²) < 4.78 is 1.76. The number of benzene rings is 1. The molecule has 4 nitrogen and oxygen atoms in total. The highest BCUT2D eigenvalue weighted by molar-refractivity contribution is 5.23. The lowest BCUT2D eigenvalue weighted by atomic mass is 10.1. The van der Waals surface area contributed by atoms with Gasteiger partial charge in [0.2, 0.25) is 0 Å². The molecular formula is C13H15N3O. The van der Waals surface area contributed by atoms with Gasteiger partial charge in [-0.05, 0) is 25.3 Å². The van der Waals surface area contributed by atoms with Crippen LogP contribution in [0.4, 0.5) is 0 Å². The molecule has 1 N–H and O–H groups in total. The first-order chi connectivity index (χ1) is 8.24. The predicted octanol–water partition coefficient (Wildman–Crippen LogP) is 1.81. The Morgan fingerprint density at radius 1 is 1.47 bits per heavy atom. The number of aromatic amines is 1. The predicted molar refractivity (Wildman–Crippen MR) is 65.1 cm³/mol. The van der Waals surface area contributed by atoms with Crippen LogP contribution in [0, 0.1) is 6.92 Å². The van der Waals surface area contributed by atoms with Gasteiger partial charge in [-0.15, -0.1) is 0 Å². The van der Waals surface area contributed by atoms with Crippen molar-refractivity contribution in [1.82, 2.24) is 14.8 Å². The van der Waals surface area contributed by atoms with Crippen molar-refractivity contribution in [2.24, 2.45) is 0 Å². The van der Waals surface area contributed by atoms with Crippen LogP contribution in [0.5, 0.6) is 0 Å². The largest absolute Gasteiger partial charge is 0.343 e. The van der Waals surface area contributed by atoms with Crippen molar-refractivity contribution in [3.63, 3.8) is 0 Å². The quantitative estimate of drug-likeness (QED) is 0.872. The molecule has 17 heavy (non-hydrogen) atoms. The maximum Gasteiger partial charge on any atom is 0.343 e. The van der Waals surface area contributed by atoms with Crippen LogP contribution < -0.4 is 5.69 Å². The molecule has 3 rings (SSSR count). The molecule has 1 aromatic heterocycles. The Morgan fingerprint density at radius 2 is 2.29 bits per heavy atom. The molecule has 1 aliphatic rings. The molecule has 0 unspecified atom stereocenters. The van der Waals surface area contributed by atoms with E-state index in [0.717, 1.165) is 24.2 Å². The van der Waals surface area contributed by atoms with E-state index < -0.39 is 0 Å². The number of H-pyrrole nitrogens is 1. The van der Waals surface area contributed by atoms with Crippen molar-refractivity contribution in [2.75, 3.05) is 0 Å². The van der Waals surface area contributed by atoms with Gasteiger partial charge in [0.15, 0.2) is 0 Å². The number of aromatic nitrogens is 3. The Bertz CT molecular complexity index is 593. The second-order valence-electron chi connectivity index (χ2n) is 4.74. The standard InChI is InChI=1S/C13H15N3O/c1-9-3-2-4-10(7-9)8-16-12(11-5-6-11)14-15-13(16)17/h2-4,7,11H,5-6,8H2,1H3,(H,15,17). The molecule has 88 valence electrons. The molecule has 0 aliphatic heterocycles. The van der Waals surface area contributed by atoms with E-state index >= 15 is 0 Å². The molecule has 0 bridgehead atoms. The summed E-state index contributed by atoms with van der Waals surface area (Å²) in [5.74, 6) is 1.40. The lowest BCUT2D eigenvalue weighted by molar-refractivity contribution is 0.705. The second-order valence-corrected chi connectivity index (χ2v) is 4.74. The summed E-state index contributed by atoms with van der Waals surface area (Å²) in [5, 5.41) is 6.67. The molecule has 1 heterocycles. The number of hydrogen-bond donors (Lipinski definition) is 1. The van der Waals surface area contributed by atoms with Crippen LogP contribution in [0.25, 0.3) is 0 Å². The Hall–Kier alpha value is -1.84. The number of nitrogens with zero attached hydrogens (tertiary/aromatic N) is 2. The summed E-state index contributed by atoms with van der Waals surface area (Å²) in [7, 11) is 0. The van der Waals surface area contributed by atoms with Crippen LogP contribution in [0.3, 0.4) is 0 Å². The molecule has 2 aromatic rings. The van der Waals surface area contributed by atoms with Crippen LogP contribution in [0.15, 0.2) is 29.1 Å². The van der Waals surface area contributed by atoms with Gasteiger partial charge in [0, 0.05) is 5.92 Å². The van der Waals surface area contributed by atoms with E-state index in [9.17, 15) is 4.79 Å². The number of aryl methyl sites for hydroxylation is 1. The monoisotopic (exact) mass is 229 g/mol. The van der Waals surface area contributed by atoms with E-state index in [-0.39, 0.29) is 5.69 Å². The lowest BCUT2D eigenvalue weighted by Crippen LogP contribution is -2.19. The van der Waals surface area contributed by atoms with Gasteiger partial charge < -0.3 is 0 Å². The summed E-state index contributed by atoms with van der Waals surface area (Å²) in [6, 6.07) is 8.23. The topological polar surface area (TPSA) is 50.7 Å². The summed E-state index contributed by atoms with van der Waals surface area (Å²) in [6.07, 6.45) is 2.30. The zero-order valence-corrected chi connectivity index (χ0v) is 9.81. The molecule has 0 radical (unpaired) electrons. The van der Waals surface area contributed by atoms with E-state index in [2.05, 4.69) is 29.3 Å². The Kier molecular flexibility index (Phi) is 2.35. The molecule has 4 heteroatoms. The average Bonchev–Trinajstić information content (AvgIpc) is 3.07. The molecule has 0 amide bonds. The fourth-order valence-corrected chi connectivity index (χ4v) is 2.13. The fraction of sp³-hybridized carbons (Fsp3) is 0.385. The van der Waals surface area contributed by atoms with Crippen LogP contribution in [0.2, 0.25) is 0 Å². The Labute approximate surface area is 99.3 Å². The van der Waals surface area contributed by atoms with Gasteiger partial charge in [-0.3, -0.25) is 4.57 Å². The van der Waals surface area contributed by atoms with Crippen molar-refractivity contribution >= 4 is 0 Å². The number of hydrogen-bond acceptors (Lipinski definition) is 2. The highest BCUT2D eigenvalue weighted by Gasteiger charge is 2.29. The van der Waals surface area contributed by atoms with Gasteiger partial charge in [-0.2, -0.15) is 5.10 Å². The van der Waals surface area contributed by atoms with E-state index in [0.29, 0.717) is 12.5 Å². The van der Waals surface area contributed by atoms with Gasteiger partial charge in [0.1, 0.15) is 5.82 Å². The highest BCUT2D eigenvalue weighted by atomic mass is 16.1. The summed E-state index contributed by atoms with van der Waals surface area (Å²) >= 11 is 0. The van der Waals surface area contributed by atoms with Crippen molar-refractivity contribution in [1.29, 1.82) is 0 Å². The lowest BCUT2D eigenvalue weighted by Gasteiger charge is -2.05. The minimum Gasteiger partial charge on any atom is -0.274 e. The van der Waals surface area contributed by atoms with Crippen molar-refractivity contribution in [2.45, 2.75) is 32.2 Å². The van der Waals surface area contributed by atoms with E-state index in [1.807, 2.05) is 12.1 Å². The first-order valence-corrected chi connectivity index (χ1v) is 5.94. The minimum atomic E-state index is -0.103. The van der Waals surface area contributed by atoms with Crippen molar-refractivity contribution in [3.8, 4) is 0 Å². The van der Waals surface area contributed by atoms with Crippen LogP contribution >= 0.6 is 0 Å². The number of nitrogens with one attached hydrogen (secondary N) is 1. The zero-order valence-electron chi connectivity index (χ0n) is 9.81. The summed E-state index contributed by atoms with van der Waals surface area (Å²) in [6.45, 7) is 2.67. The molecular weight excluding hydrogens is 214 g/mol. The molecule has 1 aromatic carbocycles. The minimum absolute atomic E-state index is 0.103. The number of rotatable bonds is 3. The SMILES string of the molecule is Cc1cccc(Cn2c(C3CC3)n[nH]c2=O)c1. The van der Waals surface area contributed by atoms with Crippen LogP contribution in [0.1, 0.15) is 35.7 Å². The van der Waals surface area contributed by atoms with Crippen LogP contribution in [-0.2, 0) is 6.54 Å². The highest BCUT2D eigenvalue weighted by Crippen LogP contribution is 2.38. The van der Waals surface area contributed by atoms with E-state index in [1.54, 1.807) is 4.57 Å². The normalized spacial score (nSPS) is 15.1. The maximum absolute atomic E-state index is 11.7. The zero-order chi connectivity index (χ0) is 11.8. The first kappa shape index (κ1) is 10.3. The third kappa shape index (κ3) is 2.02. The van der Waals surface area contributed by atoms with E-state index in [4.69, 9.17) is 0 Å². The third-order valence-corrected chi connectivity index (χ3v) is 3.15. The van der Waals surface area contributed by atoms with Gasteiger partial charge in [-0.1, -0.05) is 29.8 Å². The van der Waals surface area contributed by atoms with Crippen LogP contribution in [-0.4, -0.2) is 14.8 Å². The molecule has 0 saturated heterocycles. The molecule has 1 fully saturated rings. The molecule has 0 spiro atoms. The van der Waals surface area contributed by atoms with Crippen molar-refractivity contribution < 1.29 is 0 Å². The fourth-order valence-electron chi connectivity index (χ4n) is 2.13. The maximum atomic E-state index is 11.7. The Morgan fingerprint density at radius 3 is 3.00 bits per heavy atom. The van der Waals surface area contributed by atoms with Gasteiger partial charge in [0.25, 0.3) is 0 Å². The van der Waals surface area contributed by atoms with Gasteiger partial charge >= 0.3 is 5.69 Å². The second kappa shape index (κ2) is 3.87. The van der Waals surface area contributed by atoms with Gasteiger partial charge in [-0.25, -0.2) is 9.89 Å². The molecule has 1 aliphatic carbocycles. The summed E-state index contributed by atoms with van der Waals surface area (Å²) in [4.78, 5) is 11.7. The Balaban J connectivity index is 1.94. The van der Waals surface area contributed by atoms with Gasteiger partial charge in [0.05, 0.1) is 6.54 Å². The smallest absolute Gasteiger partial charge is 0.274 e. The third-order valence-electron chi connectivity index (χ3n) is 3.15. The van der Waals surface area contributed by atoms with E-state index in [1.165, 1.54) is 5.56 Å².